The molecular formula is C12H14ClN3O2. The first-order valence-corrected chi connectivity index (χ1v) is 6.06. The molecule has 0 aliphatic carbocycles. The summed E-state index contributed by atoms with van der Waals surface area (Å²) in [4.78, 5) is 11.8. The smallest absolute Gasteiger partial charge is 0.287 e. The average Bonchev–Trinajstić information content (AvgIpc) is 2.89. The normalized spacial score (nSPS) is 12.4. The Morgan fingerprint density at radius 3 is 3.00 bits per heavy atom. The van der Waals surface area contributed by atoms with Gasteiger partial charge in [0, 0.05) is 6.54 Å². The standard InChI is InChI=1S/C12H14ClN3O2/c1-3-16-12(17)11(13)9(7-14-16)15-8(2)10-5-4-6-18-10/h4-8,15H,3H2,1-2H3. The molecule has 0 spiro atoms. The van der Waals surface area contributed by atoms with Gasteiger partial charge in [-0.25, -0.2) is 4.68 Å². The van der Waals surface area contributed by atoms with Gasteiger partial charge in [-0.05, 0) is 26.0 Å². The average molecular weight is 268 g/mol. The van der Waals surface area contributed by atoms with Crippen molar-refractivity contribution in [3.05, 3.63) is 45.7 Å². The summed E-state index contributed by atoms with van der Waals surface area (Å²) in [6.45, 7) is 4.25. The van der Waals surface area contributed by atoms with Crippen LogP contribution in [-0.2, 0) is 6.54 Å². The number of hydrogen-bond acceptors (Lipinski definition) is 4. The molecule has 0 bridgehead atoms. The summed E-state index contributed by atoms with van der Waals surface area (Å²) in [5.74, 6) is 0.769. The maximum atomic E-state index is 11.8. The third kappa shape index (κ3) is 2.41. The van der Waals surface area contributed by atoms with Gasteiger partial charge in [0.2, 0.25) is 0 Å². The summed E-state index contributed by atoms with van der Waals surface area (Å²) in [5, 5.41) is 7.27. The van der Waals surface area contributed by atoms with E-state index in [-0.39, 0.29) is 16.6 Å². The second-order valence-corrected chi connectivity index (χ2v) is 4.25. The van der Waals surface area contributed by atoms with Gasteiger partial charge in [0.25, 0.3) is 5.56 Å². The molecule has 1 atom stereocenters. The quantitative estimate of drug-likeness (QED) is 0.925. The Morgan fingerprint density at radius 2 is 2.39 bits per heavy atom. The molecule has 0 aromatic carbocycles. The zero-order valence-electron chi connectivity index (χ0n) is 10.2. The largest absolute Gasteiger partial charge is 0.467 e. The third-order valence-corrected chi connectivity index (χ3v) is 2.99. The Morgan fingerprint density at radius 1 is 1.61 bits per heavy atom. The zero-order valence-corrected chi connectivity index (χ0v) is 10.9. The Balaban J connectivity index is 2.25. The topological polar surface area (TPSA) is 60.1 Å². The molecule has 1 unspecified atom stereocenters. The second kappa shape index (κ2) is 5.27. The van der Waals surface area contributed by atoms with E-state index < -0.39 is 0 Å². The van der Waals surface area contributed by atoms with Crippen molar-refractivity contribution >= 4 is 17.3 Å². The van der Waals surface area contributed by atoms with Gasteiger partial charge in [-0.2, -0.15) is 5.10 Å². The summed E-state index contributed by atoms with van der Waals surface area (Å²) in [6, 6.07) is 3.57. The minimum atomic E-state index is -0.296. The SMILES string of the molecule is CCn1ncc(NC(C)c2ccco2)c(Cl)c1=O. The number of hydrogen-bond donors (Lipinski definition) is 1. The molecular weight excluding hydrogens is 254 g/mol. The van der Waals surface area contributed by atoms with Gasteiger partial charge in [-0.1, -0.05) is 11.6 Å². The van der Waals surface area contributed by atoms with Crippen molar-refractivity contribution in [3.63, 3.8) is 0 Å². The van der Waals surface area contributed by atoms with Crippen LogP contribution in [0.15, 0.2) is 33.8 Å². The fraction of sp³-hybridized carbons (Fsp3) is 0.333. The molecule has 0 saturated heterocycles. The van der Waals surface area contributed by atoms with Crippen molar-refractivity contribution in [3.8, 4) is 0 Å². The van der Waals surface area contributed by atoms with E-state index in [1.165, 1.54) is 4.68 Å². The number of halogens is 1. The highest BCUT2D eigenvalue weighted by atomic mass is 35.5. The molecule has 0 fully saturated rings. The molecule has 2 aromatic rings. The van der Waals surface area contributed by atoms with Crippen molar-refractivity contribution in [2.75, 3.05) is 5.32 Å². The van der Waals surface area contributed by atoms with Gasteiger partial charge in [-0.3, -0.25) is 4.79 Å². The Kier molecular flexibility index (Phi) is 3.72. The van der Waals surface area contributed by atoms with Crippen LogP contribution in [0.2, 0.25) is 5.02 Å². The van der Waals surface area contributed by atoms with Gasteiger partial charge in [0.15, 0.2) is 0 Å². The zero-order chi connectivity index (χ0) is 13.1. The fourth-order valence-corrected chi connectivity index (χ4v) is 1.83. The number of nitrogens with zero attached hydrogens (tertiary/aromatic N) is 2. The van der Waals surface area contributed by atoms with Crippen LogP contribution >= 0.6 is 11.6 Å². The lowest BCUT2D eigenvalue weighted by Crippen LogP contribution is -2.23. The molecule has 0 amide bonds. The molecule has 1 N–H and O–H groups in total. The minimum Gasteiger partial charge on any atom is -0.467 e. The van der Waals surface area contributed by atoms with E-state index in [1.807, 2.05) is 26.0 Å². The second-order valence-electron chi connectivity index (χ2n) is 3.87. The van der Waals surface area contributed by atoms with Crippen molar-refractivity contribution in [2.45, 2.75) is 26.4 Å². The molecule has 0 radical (unpaired) electrons. The molecule has 5 nitrogen and oxygen atoms in total. The van der Waals surface area contributed by atoms with Gasteiger partial charge in [-0.15, -0.1) is 0 Å². The third-order valence-electron chi connectivity index (χ3n) is 2.63. The molecule has 2 heterocycles. The van der Waals surface area contributed by atoms with Gasteiger partial charge in [0.05, 0.1) is 24.2 Å². The number of nitrogens with one attached hydrogen (secondary N) is 1. The molecule has 18 heavy (non-hydrogen) atoms. The first-order chi connectivity index (χ1) is 8.63. The molecule has 0 aliphatic rings. The van der Waals surface area contributed by atoms with Crippen LogP contribution in [0.1, 0.15) is 25.6 Å². The first kappa shape index (κ1) is 12.7. The highest BCUT2D eigenvalue weighted by Gasteiger charge is 2.13. The summed E-state index contributed by atoms with van der Waals surface area (Å²) in [7, 11) is 0. The highest BCUT2D eigenvalue weighted by molar-refractivity contribution is 6.32. The van der Waals surface area contributed by atoms with Crippen LogP contribution < -0.4 is 10.9 Å². The van der Waals surface area contributed by atoms with Crippen molar-refractivity contribution in [1.29, 1.82) is 0 Å². The molecule has 0 saturated carbocycles. The summed E-state index contributed by atoms with van der Waals surface area (Å²) < 4.78 is 6.58. The maximum absolute atomic E-state index is 11.8. The monoisotopic (exact) mass is 267 g/mol. The Labute approximate surface area is 109 Å². The summed E-state index contributed by atoms with van der Waals surface area (Å²) >= 11 is 6.02. The van der Waals surface area contributed by atoms with E-state index >= 15 is 0 Å². The summed E-state index contributed by atoms with van der Waals surface area (Å²) in [6.07, 6.45) is 3.15. The van der Waals surface area contributed by atoms with E-state index in [0.29, 0.717) is 12.2 Å². The maximum Gasteiger partial charge on any atom is 0.287 e. The number of aromatic nitrogens is 2. The molecule has 0 aliphatic heterocycles. The lowest BCUT2D eigenvalue weighted by atomic mass is 10.2. The fourth-order valence-electron chi connectivity index (χ4n) is 1.63. The van der Waals surface area contributed by atoms with Crippen molar-refractivity contribution < 1.29 is 4.42 Å². The van der Waals surface area contributed by atoms with Gasteiger partial charge >= 0.3 is 0 Å². The highest BCUT2D eigenvalue weighted by Crippen LogP contribution is 2.22. The molecule has 2 rings (SSSR count). The minimum absolute atomic E-state index is 0.0869. The van der Waals surface area contributed by atoms with E-state index in [0.717, 1.165) is 5.76 Å². The van der Waals surface area contributed by atoms with E-state index in [9.17, 15) is 4.79 Å². The number of furan rings is 1. The van der Waals surface area contributed by atoms with Crippen LogP contribution in [0.3, 0.4) is 0 Å². The van der Waals surface area contributed by atoms with Crippen LogP contribution in [-0.4, -0.2) is 9.78 Å². The van der Waals surface area contributed by atoms with Crippen molar-refractivity contribution in [2.24, 2.45) is 0 Å². The molecule has 96 valence electrons. The van der Waals surface area contributed by atoms with Crippen molar-refractivity contribution in [1.82, 2.24) is 9.78 Å². The predicted molar refractivity (Wildman–Crippen MR) is 69.9 cm³/mol. The van der Waals surface area contributed by atoms with E-state index in [4.69, 9.17) is 16.0 Å². The molecule has 2 aromatic heterocycles. The number of aryl methyl sites for hydroxylation is 1. The first-order valence-electron chi connectivity index (χ1n) is 5.69. The summed E-state index contributed by atoms with van der Waals surface area (Å²) in [5.41, 5.74) is 0.214. The predicted octanol–water partition coefficient (Wildman–Crippen LogP) is 2.68. The number of anilines is 1. The lowest BCUT2D eigenvalue weighted by molar-refractivity contribution is 0.490. The van der Waals surface area contributed by atoms with Crippen LogP contribution in [0, 0.1) is 0 Å². The van der Waals surface area contributed by atoms with Gasteiger partial charge in [0.1, 0.15) is 10.8 Å². The number of rotatable bonds is 4. The van der Waals surface area contributed by atoms with Gasteiger partial charge < -0.3 is 9.73 Å². The Hall–Kier alpha value is -1.75. The lowest BCUT2D eigenvalue weighted by Gasteiger charge is -2.14. The Bertz CT molecular complexity index is 578. The van der Waals surface area contributed by atoms with Crippen LogP contribution in [0.4, 0.5) is 5.69 Å². The van der Waals surface area contributed by atoms with E-state index in [2.05, 4.69) is 10.4 Å². The van der Waals surface area contributed by atoms with Crippen LogP contribution in [0.25, 0.3) is 0 Å². The van der Waals surface area contributed by atoms with E-state index in [1.54, 1.807) is 12.5 Å². The molecule has 6 heteroatoms. The van der Waals surface area contributed by atoms with Crippen LogP contribution in [0.5, 0.6) is 0 Å².